The number of nitro benzene ring substituents is 1. The van der Waals surface area contributed by atoms with Crippen molar-refractivity contribution in [2.24, 2.45) is 11.8 Å². The maximum Gasteiger partial charge on any atom is 0.273 e. The number of amides is 3. The van der Waals surface area contributed by atoms with Gasteiger partial charge in [-0.15, -0.1) is 0 Å². The van der Waals surface area contributed by atoms with E-state index in [2.05, 4.69) is 31.9 Å². The molecule has 1 aliphatic carbocycles. The first-order valence-corrected chi connectivity index (χ1v) is 12.8. The van der Waals surface area contributed by atoms with Crippen LogP contribution in [0.25, 0.3) is 0 Å². The molecule has 9 nitrogen and oxygen atoms in total. The SMILES string of the molecule is O=C(CN(C(=O)c1ccc([N+](=O)[O-])cc1)N1C(=O)[C@@H]2C[C@@H](Br)[C@@H](Br)C[C@H]2C1=O)c1ccc(Cl)cc1. The van der Waals surface area contributed by atoms with Gasteiger partial charge in [0.2, 0.25) is 0 Å². The van der Waals surface area contributed by atoms with Gasteiger partial charge >= 0.3 is 0 Å². The molecule has 1 saturated heterocycles. The summed E-state index contributed by atoms with van der Waals surface area (Å²) in [7, 11) is 0. The largest absolute Gasteiger partial charge is 0.292 e. The number of benzene rings is 2. The normalized spacial score (nSPS) is 23.7. The Kier molecular flexibility index (Phi) is 7.39. The van der Waals surface area contributed by atoms with Crippen LogP contribution in [0.4, 0.5) is 5.69 Å². The number of ketones is 1. The number of hydrogen-bond donors (Lipinski definition) is 0. The van der Waals surface area contributed by atoms with Gasteiger partial charge in [0.1, 0.15) is 6.54 Å². The highest BCUT2D eigenvalue weighted by Gasteiger charge is 2.54. The van der Waals surface area contributed by atoms with E-state index >= 15 is 0 Å². The first kappa shape index (κ1) is 25.5. The Morgan fingerprint density at radius 3 is 1.91 bits per heavy atom. The van der Waals surface area contributed by atoms with Gasteiger partial charge in [-0.2, -0.15) is 5.01 Å². The zero-order valence-corrected chi connectivity index (χ0v) is 21.9. The molecule has 1 heterocycles. The second-order valence-corrected chi connectivity index (χ2v) is 11.1. The topological polar surface area (TPSA) is 118 Å². The molecule has 1 saturated carbocycles. The molecule has 2 aromatic rings. The van der Waals surface area contributed by atoms with Crippen molar-refractivity contribution in [1.82, 2.24) is 10.0 Å². The predicted octanol–water partition coefficient (Wildman–Crippen LogP) is 4.41. The molecule has 0 spiro atoms. The molecule has 2 aliphatic rings. The minimum atomic E-state index is -0.798. The minimum Gasteiger partial charge on any atom is -0.292 e. The van der Waals surface area contributed by atoms with Crippen molar-refractivity contribution >= 4 is 72.7 Å². The van der Waals surface area contributed by atoms with Crippen LogP contribution in [0.15, 0.2) is 48.5 Å². The van der Waals surface area contributed by atoms with Gasteiger partial charge in [-0.1, -0.05) is 43.5 Å². The average molecular weight is 628 g/mol. The number of rotatable bonds is 6. The van der Waals surface area contributed by atoms with E-state index in [1.807, 2.05) is 0 Å². The number of hydrazine groups is 1. The predicted molar refractivity (Wildman–Crippen MR) is 133 cm³/mol. The number of hydrogen-bond acceptors (Lipinski definition) is 6. The fraction of sp³-hybridized carbons (Fsp3) is 0.304. The Balaban J connectivity index is 1.69. The molecular formula is C23H18Br2ClN3O6. The van der Waals surface area contributed by atoms with Crippen LogP contribution >= 0.6 is 43.5 Å². The minimum absolute atomic E-state index is 0.00767. The lowest BCUT2D eigenvalue weighted by Crippen LogP contribution is -2.52. The summed E-state index contributed by atoms with van der Waals surface area (Å²) in [5.41, 5.74) is 0.0107. The lowest BCUT2D eigenvalue weighted by molar-refractivity contribution is -0.384. The lowest BCUT2D eigenvalue weighted by Gasteiger charge is -2.30. The lowest BCUT2D eigenvalue weighted by atomic mass is 9.81. The van der Waals surface area contributed by atoms with Crippen LogP contribution in [0.2, 0.25) is 5.02 Å². The molecule has 3 amide bonds. The van der Waals surface area contributed by atoms with E-state index in [0.717, 1.165) is 22.2 Å². The molecule has 4 rings (SSSR count). The third-order valence-corrected chi connectivity index (χ3v) is 9.13. The Bertz CT molecular complexity index is 1180. The number of halogens is 3. The van der Waals surface area contributed by atoms with Crippen LogP contribution in [0, 0.1) is 22.0 Å². The number of alkyl halides is 2. The quantitative estimate of drug-likeness (QED) is 0.154. The van der Waals surface area contributed by atoms with Crippen molar-refractivity contribution < 1.29 is 24.1 Å². The van der Waals surface area contributed by atoms with E-state index in [-0.39, 0.29) is 26.5 Å². The molecule has 1 aliphatic heterocycles. The fourth-order valence-corrected chi connectivity index (χ4v) is 5.65. The van der Waals surface area contributed by atoms with Crippen molar-refractivity contribution in [2.75, 3.05) is 6.54 Å². The van der Waals surface area contributed by atoms with Crippen LogP contribution in [0.1, 0.15) is 33.6 Å². The van der Waals surface area contributed by atoms with Crippen LogP contribution in [-0.4, -0.2) is 54.6 Å². The zero-order valence-electron chi connectivity index (χ0n) is 18.0. The molecular weight excluding hydrogens is 610 g/mol. The first-order valence-electron chi connectivity index (χ1n) is 10.6. The van der Waals surface area contributed by atoms with Gasteiger partial charge in [0, 0.05) is 37.9 Å². The molecule has 4 atom stereocenters. The fourth-order valence-electron chi connectivity index (χ4n) is 4.29. The van der Waals surface area contributed by atoms with E-state index in [4.69, 9.17) is 11.6 Å². The maximum absolute atomic E-state index is 13.5. The number of nitro groups is 1. The Morgan fingerprint density at radius 1 is 0.943 bits per heavy atom. The number of fused-ring (bicyclic) bond motifs is 1. The van der Waals surface area contributed by atoms with Gasteiger partial charge in [0.15, 0.2) is 5.78 Å². The van der Waals surface area contributed by atoms with Crippen LogP contribution in [-0.2, 0) is 9.59 Å². The highest BCUT2D eigenvalue weighted by molar-refractivity contribution is 9.12. The highest BCUT2D eigenvalue weighted by Crippen LogP contribution is 2.43. The molecule has 35 heavy (non-hydrogen) atoms. The van der Waals surface area contributed by atoms with Crippen LogP contribution < -0.4 is 0 Å². The smallest absolute Gasteiger partial charge is 0.273 e. The van der Waals surface area contributed by atoms with Gasteiger partial charge in [0.25, 0.3) is 23.4 Å². The second kappa shape index (κ2) is 10.2. The van der Waals surface area contributed by atoms with Gasteiger partial charge in [-0.25, -0.2) is 5.01 Å². The molecule has 0 N–H and O–H groups in total. The molecule has 182 valence electrons. The number of imide groups is 1. The number of nitrogens with zero attached hydrogens (tertiary/aromatic N) is 3. The number of non-ortho nitro benzene ring substituents is 1. The van der Waals surface area contributed by atoms with E-state index in [1.165, 1.54) is 36.4 Å². The summed E-state index contributed by atoms with van der Waals surface area (Å²) < 4.78 is 0. The third kappa shape index (κ3) is 5.03. The summed E-state index contributed by atoms with van der Waals surface area (Å²) in [6.07, 6.45) is 0.790. The molecule has 2 fully saturated rings. The average Bonchev–Trinajstić information content (AvgIpc) is 3.06. The summed E-state index contributed by atoms with van der Waals surface area (Å²) in [6.45, 7) is -0.580. The van der Waals surface area contributed by atoms with E-state index < -0.39 is 46.8 Å². The van der Waals surface area contributed by atoms with E-state index in [0.29, 0.717) is 17.9 Å². The van der Waals surface area contributed by atoms with Crippen molar-refractivity contribution in [3.05, 3.63) is 74.8 Å². The Morgan fingerprint density at radius 2 is 1.43 bits per heavy atom. The molecule has 0 unspecified atom stereocenters. The van der Waals surface area contributed by atoms with E-state index in [1.54, 1.807) is 0 Å². The van der Waals surface area contributed by atoms with Crippen LogP contribution in [0.5, 0.6) is 0 Å². The summed E-state index contributed by atoms with van der Waals surface area (Å²) in [5, 5.41) is 13.0. The molecule has 0 bridgehead atoms. The van der Waals surface area contributed by atoms with Gasteiger partial charge in [-0.05, 0) is 49.2 Å². The number of carbonyl (C=O) groups is 4. The van der Waals surface area contributed by atoms with Crippen molar-refractivity contribution in [3.8, 4) is 0 Å². The summed E-state index contributed by atoms with van der Waals surface area (Å²) >= 11 is 12.9. The number of Topliss-reactive ketones (excluding diaryl/α,β-unsaturated/α-hetero) is 1. The summed E-state index contributed by atoms with van der Waals surface area (Å²) in [6, 6.07) is 10.7. The molecule has 12 heteroatoms. The Hall–Kier alpha value is -2.63. The first-order chi connectivity index (χ1) is 16.6. The summed E-state index contributed by atoms with van der Waals surface area (Å²) in [4.78, 5) is 63.5. The maximum atomic E-state index is 13.5. The van der Waals surface area contributed by atoms with E-state index in [9.17, 15) is 29.3 Å². The van der Waals surface area contributed by atoms with Crippen molar-refractivity contribution in [1.29, 1.82) is 0 Å². The monoisotopic (exact) mass is 625 g/mol. The molecule has 0 aromatic heterocycles. The van der Waals surface area contributed by atoms with Crippen molar-refractivity contribution in [3.63, 3.8) is 0 Å². The van der Waals surface area contributed by atoms with Gasteiger partial charge in [-0.3, -0.25) is 29.3 Å². The molecule has 0 radical (unpaired) electrons. The summed E-state index contributed by atoms with van der Waals surface area (Å²) in [5.74, 6) is -3.67. The highest BCUT2D eigenvalue weighted by atomic mass is 79.9. The standard InChI is InChI=1S/C23H18Br2ClN3O6/c24-18-9-16-17(10-19(18)25)23(33)28(22(16)32)27(11-20(30)12-1-5-14(26)6-2-12)21(31)13-3-7-15(8-4-13)29(34)35/h1-8,16-19H,9-11H2/t16-,17-,18-,19+/m1/s1. The second-order valence-electron chi connectivity index (χ2n) is 8.30. The van der Waals surface area contributed by atoms with Crippen molar-refractivity contribution in [2.45, 2.75) is 22.5 Å². The van der Waals surface area contributed by atoms with Gasteiger partial charge < -0.3 is 0 Å². The van der Waals surface area contributed by atoms with Gasteiger partial charge in [0.05, 0.1) is 16.8 Å². The Labute approximate surface area is 221 Å². The zero-order chi connectivity index (χ0) is 25.4. The number of carbonyl (C=O) groups excluding carboxylic acids is 4. The third-order valence-electron chi connectivity index (χ3n) is 6.15. The van der Waals surface area contributed by atoms with Crippen LogP contribution in [0.3, 0.4) is 0 Å². The molecule has 2 aromatic carbocycles.